The summed E-state index contributed by atoms with van der Waals surface area (Å²) in [5.41, 5.74) is 2.14. The zero-order valence-electron chi connectivity index (χ0n) is 9.91. The first-order chi connectivity index (χ1) is 8.61. The Hall–Kier alpha value is -1.67. The fourth-order valence-corrected chi connectivity index (χ4v) is 1.88. The lowest BCUT2D eigenvalue weighted by Crippen LogP contribution is -2.01. The summed E-state index contributed by atoms with van der Waals surface area (Å²) in [7, 11) is 0. The normalized spacial score (nSPS) is 10.4. The third kappa shape index (κ3) is 2.59. The van der Waals surface area contributed by atoms with Crippen LogP contribution in [0.1, 0.15) is 28.4 Å². The quantitative estimate of drug-likeness (QED) is 0.755. The third-order valence-electron chi connectivity index (χ3n) is 2.81. The molecule has 2 rings (SSSR count). The van der Waals surface area contributed by atoms with Gasteiger partial charge in [-0.1, -0.05) is 42.8 Å². The van der Waals surface area contributed by atoms with Crippen molar-refractivity contribution in [2.45, 2.75) is 13.3 Å². The van der Waals surface area contributed by atoms with Crippen LogP contribution in [0, 0.1) is 5.82 Å². The largest absolute Gasteiger partial charge is 0.289 e. The van der Waals surface area contributed by atoms with Crippen LogP contribution in [0.3, 0.4) is 0 Å². The van der Waals surface area contributed by atoms with Gasteiger partial charge in [-0.3, -0.25) is 4.79 Å². The van der Waals surface area contributed by atoms with E-state index in [1.807, 2.05) is 12.1 Å². The Morgan fingerprint density at radius 2 is 1.72 bits per heavy atom. The number of hydrogen-bond donors (Lipinski definition) is 0. The first-order valence-electron chi connectivity index (χ1n) is 5.70. The summed E-state index contributed by atoms with van der Waals surface area (Å²) in [5, 5.41) is -0.0361. The summed E-state index contributed by atoms with van der Waals surface area (Å²) in [4.78, 5) is 12.1. The Bertz CT molecular complexity index is 576. The van der Waals surface area contributed by atoms with Gasteiger partial charge in [0.25, 0.3) is 0 Å². The first kappa shape index (κ1) is 12.8. The van der Waals surface area contributed by atoms with Gasteiger partial charge < -0.3 is 0 Å². The number of carbonyl (C=O) groups is 1. The molecule has 0 aromatic heterocycles. The van der Waals surface area contributed by atoms with Crippen molar-refractivity contribution in [1.82, 2.24) is 0 Å². The van der Waals surface area contributed by atoms with Gasteiger partial charge in [0.05, 0.1) is 5.02 Å². The molecule has 2 aromatic rings. The zero-order chi connectivity index (χ0) is 13.1. The van der Waals surface area contributed by atoms with Gasteiger partial charge in [0.1, 0.15) is 5.82 Å². The van der Waals surface area contributed by atoms with Crippen LogP contribution in [0.25, 0.3) is 0 Å². The molecule has 0 aliphatic rings. The molecule has 18 heavy (non-hydrogen) atoms. The van der Waals surface area contributed by atoms with Crippen molar-refractivity contribution in [1.29, 1.82) is 0 Å². The van der Waals surface area contributed by atoms with Gasteiger partial charge in [-0.2, -0.15) is 0 Å². The maximum atomic E-state index is 13.0. The minimum atomic E-state index is -0.519. The minimum absolute atomic E-state index is 0.0361. The van der Waals surface area contributed by atoms with E-state index in [-0.39, 0.29) is 10.8 Å². The Morgan fingerprint density at radius 1 is 1.11 bits per heavy atom. The fourth-order valence-electron chi connectivity index (χ4n) is 1.70. The summed E-state index contributed by atoms with van der Waals surface area (Å²) in [6.45, 7) is 2.05. The molecule has 0 radical (unpaired) electrons. The lowest BCUT2D eigenvalue weighted by Gasteiger charge is -2.03. The van der Waals surface area contributed by atoms with Crippen LogP contribution in [0.5, 0.6) is 0 Å². The molecule has 1 nitrogen and oxygen atoms in total. The Kier molecular flexibility index (Phi) is 3.78. The Balaban J connectivity index is 2.32. The molecule has 0 bridgehead atoms. The molecule has 0 saturated carbocycles. The lowest BCUT2D eigenvalue weighted by molar-refractivity contribution is 0.103. The highest BCUT2D eigenvalue weighted by Crippen LogP contribution is 2.18. The van der Waals surface area contributed by atoms with Crippen LogP contribution < -0.4 is 0 Å². The number of rotatable bonds is 3. The molecule has 0 aliphatic heterocycles. The molecule has 0 unspecified atom stereocenters. The second kappa shape index (κ2) is 5.32. The molecule has 0 amide bonds. The molecule has 0 N–H and O–H groups in total. The van der Waals surface area contributed by atoms with Crippen molar-refractivity contribution in [3.8, 4) is 0 Å². The maximum Gasteiger partial charge on any atom is 0.193 e. The number of aryl methyl sites for hydroxylation is 1. The Labute approximate surface area is 110 Å². The minimum Gasteiger partial charge on any atom is -0.289 e. The number of ketones is 1. The van der Waals surface area contributed by atoms with E-state index in [2.05, 4.69) is 6.92 Å². The van der Waals surface area contributed by atoms with Gasteiger partial charge in [-0.25, -0.2) is 4.39 Å². The number of benzene rings is 2. The van der Waals surface area contributed by atoms with Gasteiger partial charge in [0.15, 0.2) is 5.78 Å². The van der Waals surface area contributed by atoms with E-state index < -0.39 is 5.82 Å². The highest BCUT2D eigenvalue weighted by molar-refractivity contribution is 6.31. The van der Waals surface area contributed by atoms with E-state index in [4.69, 9.17) is 11.6 Å². The van der Waals surface area contributed by atoms with Crippen molar-refractivity contribution in [2.24, 2.45) is 0 Å². The zero-order valence-corrected chi connectivity index (χ0v) is 10.7. The van der Waals surface area contributed by atoms with Crippen LogP contribution in [0.4, 0.5) is 4.39 Å². The smallest absolute Gasteiger partial charge is 0.193 e. The van der Waals surface area contributed by atoms with Gasteiger partial charge in [-0.05, 0) is 30.2 Å². The number of carbonyl (C=O) groups excluding carboxylic acids is 1. The molecule has 0 atom stereocenters. The number of hydrogen-bond acceptors (Lipinski definition) is 1. The second-order valence-electron chi connectivity index (χ2n) is 4.01. The summed E-state index contributed by atoms with van der Waals surface area (Å²) in [6, 6.07) is 11.4. The van der Waals surface area contributed by atoms with E-state index in [9.17, 15) is 9.18 Å². The van der Waals surface area contributed by atoms with Crippen LogP contribution in [-0.4, -0.2) is 5.78 Å². The standard InChI is InChI=1S/C15H12ClFO/c1-2-10-3-5-11(6-4-10)15(18)12-7-8-14(17)13(16)9-12/h3-9H,2H2,1H3. The molecule has 3 heteroatoms. The summed E-state index contributed by atoms with van der Waals surface area (Å²) >= 11 is 5.67. The van der Waals surface area contributed by atoms with Crippen molar-refractivity contribution < 1.29 is 9.18 Å². The number of halogens is 2. The van der Waals surface area contributed by atoms with Gasteiger partial charge in [0, 0.05) is 11.1 Å². The predicted octanol–water partition coefficient (Wildman–Crippen LogP) is 4.27. The maximum absolute atomic E-state index is 13.0. The van der Waals surface area contributed by atoms with Crippen molar-refractivity contribution in [2.75, 3.05) is 0 Å². The average molecular weight is 263 g/mol. The van der Waals surface area contributed by atoms with Crippen LogP contribution >= 0.6 is 11.6 Å². The van der Waals surface area contributed by atoms with Gasteiger partial charge >= 0.3 is 0 Å². The van der Waals surface area contributed by atoms with E-state index in [0.29, 0.717) is 11.1 Å². The van der Waals surface area contributed by atoms with E-state index in [1.165, 1.54) is 23.8 Å². The molecule has 0 spiro atoms. The topological polar surface area (TPSA) is 17.1 Å². The van der Waals surface area contributed by atoms with Crippen LogP contribution in [0.2, 0.25) is 5.02 Å². The van der Waals surface area contributed by atoms with Crippen LogP contribution in [0.15, 0.2) is 42.5 Å². The molecule has 92 valence electrons. The van der Waals surface area contributed by atoms with Gasteiger partial charge in [-0.15, -0.1) is 0 Å². The highest BCUT2D eigenvalue weighted by Gasteiger charge is 2.11. The summed E-state index contributed by atoms with van der Waals surface area (Å²) < 4.78 is 13.0. The van der Waals surface area contributed by atoms with Crippen LogP contribution in [-0.2, 0) is 6.42 Å². The van der Waals surface area contributed by atoms with Gasteiger partial charge in [0.2, 0.25) is 0 Å². The van der Waals surface area contributed by atoms with E-state index in [1.54, 1.807) is 12.1 Å². The van der Waals surface area contributed by atoms with Crippen molar-refractivity contribution >= 4 is 17.4 Å². The molecule has 0 aliphatic carbocycles. The van der Waals surface area contributed by atoms with Crippen molar-refractivity contribution in [3.05, 3.63) is 70.0 Å². The molecule has 2 aromatic carbocycles. The molecular formula is C15H12ClFO. The summed E-state index contributed by atoms with van der Waals surface area (Å²) in [6.07, 6.45) is 0.927. The Morgan fingerprint density at radius 3 is 2.28 bits per heavy atom. The van der Waals surface area contributed by atoms with E-state index in [0.717, 1.165) is 6.42 Å². The monoisotopic (exact) mass is 262 g/mol. The SMILES string of the molecule is CCc1ccc(C(=O)c2ccc(F)c(Cl)c2)cc1. The fraction of sp³-hybridized carbons (Fsp3) is 0.133. The third-order valence-corrected chi connectivity index (χ3v) is 3.10. The predicted molar refractivity (Wildman–Crippen MR) is 70.7 cm³/mol. The second-order valence-corrected chi connectivity index (χ2v) is 4.42. The lowest BCUT2D eigenvalue weighted by atomic mass is 10.0. The molecular weight excluding hydrogens is 251 g/mol. The first-order valence-corrected chi connectivity index (χ1v) is 6.08. The molecule has 0 heterocycles. The molecule has 0 saturated heterocycles. The summed E-state index contributed by atoms with van der Waals surface area (Å²) in [5.74, 6) is -0.672. The van der Waals surface area contributed by atoms with E-state index >= 15 is 0 Å². The highest BCUT2D eigenvalue weighted by atomic mass is 35.5. The average Bonchev–Trinajstić information content (AvgIpc) is 2.41. The molecule has 0 fully saturated rings. The van der Waals surface area contributed by atoms with Crippen molar-refractivity contribution in [3.63, 3.8) is 0 Å².